The van der Waals surface area contributed by atoms with Gasteiger partial charge >= 0.3 is 6.03 Å². The summed E-state index contributed by atoms with van der Waals surface area (Å²) in [5.74, 6) is 0.596. The SMILES string of the molecule is Cc1cnc([C@@H](C)CNC(=O)Nc2ncnn2C)s1. The number of thiazole rings is 1. The van der Waals surface area contributed by atoms with E-state index in [0.717, 1.165) is 5.01 Å². The van der Waals surface area contributed by atoms with Crippen molar-refractivity contribution in [3.63, 3.8) is 0 Å². The van der Waals surface area contributed by atoms with E-state index >= 15 is 0 Å². The molecule has 0 saturated heterocycles. The first-order valence-electron chi connectivity index (χ1n) is 5.87. The number of nitrogens with zero attached hydrogens (tertiary/aromatic N) is 4. The zero-order chi connectivity index (χ0) is 13.8. The van der Waals surface area contributed by atoms with Crippen LogP contribution < -0.4 is 10.6 Å². The normalized spacial score (nSPS) is 12.2. The minimum atomic E-state index is -0.295. The lowest BCUT2D eigenvalue weighted by Crippen LogP contribution is -2.32. The maximum atomic E-state index is 11.7. The van der Waals surface area contributed by atoms with Gasteiger partial charge in [-0.25, -0.2) is 14.5 Å². The predicted molar refractivity (Wildman–Crippen MR) is 73.3 cm³/mol. The fourth-order valence-corrected chi connectivity index (χ4v) is 2.31. The lowest BCUT2D eigenvalue weighted by molar-refractivity contribution is 0.251. The van der Waals surface area contributed by atoms with E-state index in [9.17, 15) is 4.79 Å². The smallest absolute Gasteiger partial charge is 0.321 e. The Balaban J connectivity index is 1.82. The first-order valence-corrected chi connectivity index (χ1v) is 6.69. The lowest BCUT2D eigenvalue weighted by Gasteiger charge is -2.10. The number of hydrogen-bond acceptors (Lipinski definition) is 5. The van der Waals surface area contributed by atoms with Crippen molar-refractivity contribution in [2.75, 3.05) is 11.9 Å². The van der Waals surface area contributed by atoms with Crippen molar-refractivity contribution in [3.05, 3.63) is 22.4 Å². The minimum Gasteiger partial charge on any atom is -0.337 e. The summed E-state index contributed by atoms with van der Waals surface area (Å²) in [7, 11) is 1.71. The van der Waals surface area contributed by atoms with Gasteiger partial charge in [0.2, 0.25) is 5.95 Å². The Kier molecular flexibility index (Phi) is 4.10. The highest BCUT2D eigenvalue weighted by molar-refractivity contribution is 7.11. The molecule has 0 radical (unpaired) electrons. The van der Waals surface area contributed by atoms with Crippen LogP contribution in [-0.2, 0) is 7.05 Å². The molecule has 102 valence electrons. The van der Waals surface area contributed by atoms with Gasteiger partial charge < -0.3 is 5.32 Å². The Morgan fingerprint density at radius 2 is 2.32 bits per heavy atom. The Bertz CT molecular complexity index is 563. The third-order valence-corrected chi connectivity index (χ3v) is 3.71. The fourth-order valence-electron chi connectivity index (χ4n) is 1.49. The second-order valence-corrected chi connectivity index (χ2v) is 5.52. The van der Waals surface area contributed by atoms with Crippen LogP contribution >= 0.6 is 11.3 Å². The minimum absolute atomic E-state index is 0.184. The molecule has 2 rings (SSSR count). The van der Waals surface area contributed by atoms with E-state index in [0.29, 0.717) is 12.5 Å². The van der Waals surface area contributed by atoms with Gasteiger partial charge in [0.15, 0.2) is 0 Å². The highest BCUT2D eigenvalue weighted by Crippen LogP contribution is 2.20. The van der Waals surface area contributed by atoms with Crippen LogP contribution in [0.5, 0.6) is 0 Å². The molecule has 2 heterocycles. The summed E-state index contributed by atoms with van der Waals surface area (Å²) in [5, 5.41) is 10.3. The van der Waals surface area contributed by atoms with E-state index in [1.54, 1.807) is 18.4 Å². The highest BCUT2D eigenvalue weighted by atomic mass is 32.1. The number of urea groups is 1. The monoisotopic (exact) mass is 280 g/mol. The molecule has 0 spiro atoms. The Morgan fingerprint density at radius 1 is 1.53 bits per heavy atom. The molecular formula is C11H16N6OS. The molecule has 0 fully saturated rings. The zero-order valence-corrected chi connectivity index (χ0v) is 11.9. The molecule has 8 heteroatoms. The number of rotatable bonds is 4. The van der Waals surface area contributed by atoms with Crippen molar-refractivity contribution in [1.82, 2.24) is 25.1 Å². The number of carbonyl (C=O) groups excluding carboxylic acids is 1. The van der Waals surface area contributed by atoms with E-state index < -0.39 is 0 Å². The highest BCUT2D eigenvalue weighted by Gasteiger charge is 2.12. The maximum Gasteiger partial charge on any atom is 0.321 e. The zero-order valence-electron chi connectivity index (χ0n) is 11.0. The molecule has 2 N–H and O–H groups in total. The first-order chi connectivity index (χ1) is 9.06. The maximum absolute atomic E-state index is 11.7. The van der Waals surface area contributed by atoms with E-state index in [-0.39, 0.29) is 11.9 Å². The van der Waals surface area contributed by atoms with Crippen LogP contribution in [-0.4, -0.2) is 32.3 Å². The van der Waals surface area contributed by atoms with Crippen LogP contribution in [0.15, 0.2) is 12.5 Å². The quantitative estimate of drug-likeness (QED) is 0.889. The first kappa shape index (κ1) is 13.5. The second kappa shape index (κ2) is 5.79. The summed E-state index contributed by atoms with van der Waals surface area (Å²) in [6.07, 6.45) is 3.23. The molecule has 0 bridgehead atoms. The van der Waals surface area contributed by atoms with Crippen LogP contribution in [0.25, 0.3) is 0 Å². The van der Waals surface area contributed by atoms with Crippen molar-refractivity contribution in [2.45, 2.75) is 19.8 Å². The fraction of sp³-hybridized carbons (Fsp3) is 0.455. The molecule has 0 unspecified atom stereocenters. The summed E-state index contributed by atoms with van der Waals surface area (Å²) in [4.78, 5) is 21.1. The number of amides is 2. The molecule has 7 nitrogen and oxygen atoms in total. The third-order valence-electron chi connectivity index (χ3n) is 2.57. The molecule has 2 aromatic heterocycles. The van der Waals surface area contributed by atoms with Gasteiger partial charge in [0, 0.05) is 30.6 Å². The van der Waals surface area contributed by atoms with Crippen molar-refractivity contribution < 1.29 is 4.79 Å². The Labute approximate surface area is 115 Å². The largest absolute Gasteiger partial charge is 0.337 e. The van der Waals surface area contributed by atoms with E-state index in [1.807, 2.05) is 20.0 Å². The molecule has 0 aliphatic rings. The average molecular weight is 280 g/mol. The third kappa shape index (κ3) is 3.50. The van der Waals surface area contributed by atoms with Gasteiger partial charge in [-0.15, -0.1) is 11.3 Å². The number of anilines is 1. The van der Waals surface area contributed by atoms with Crippen LogP contribution in [0.3, 0.4) is 0 Å². The molecule has 0 aliphatic carbocycles. The molecule has 0 saturated carbocycles. The Morgan fingerprint density at radius 3 is 2.89 bits per heavy atom. The van der Waals surface area contributed by atoms with Gasteiger partial charge in [-0.2, -0.15) is 10.1 Å². The summed E-state index contributed by atoms with van der Waals surface area (Å²) in [5.41, 5.74) is 0. The standard InChI is InChI=1S/C11H16N6OS/c1-7(9-12-5-8(2)19-9)4-13-11(18)16-10-14-6-15-17(10)3/h5-7H,4H2,1-3H3,(H2,13,14,15,16,18)/t7-/m0/s1. The lowest BCUT2D eigenvalue weighted by atomic mass is 10.2. The van der Waals surface area contributed by atoms with Gasteiger partial charge in [0.25, 0.3) is 0 Å². The van der Waals surface area contributed by atoms with Gasteiger partial charge in [-0.3, -0.25) is 5.32 Å². The predicted octanol–water partition coefficient (Wildman–Crippen LogP) is 1.51. The summed E-state index contributed by atoms with van der Waals surface area (Å²) in [6, 6.07) is -0.295. The average Bonchev–Trinajstić information content (AvgIpc) is 2.96. The van der Waals surface area contributed by atoms with Crippen LogP contribution in [0.4, 0.5) is 10.7 Å². The molecule has 0 aliphatic heterocycles. The number of aryl methyl sites for hydroxylation is 2. The summed E-state index contributed by atoms with van der Waals surface area (Å²) >= 11 is 1.65. The molecular weight excluding hydrogens is 264 g/mol. The van der Waals surface area contributed by atoms with Crippen molar-refractivity contribution in [3.8, 4) is 0 Å². The topological polar surface area (TPSA) is 84.7 Å². The van der Waals surface area contributed by atoms with Gasteiger partial charge in [-0.05, 0) is 6.92 Å². The number of nitrogens with one attached hydrogen (secondary N) is 2. The van der Waals surface area contributed by atoms with Gasteiger partial charge in [-0.1, -0.05) is 6.92 Å². The van der Waals surface area contributed by atoms with Gasteiger partial charge in [0.05, 0.1) is 5.01 Å². The number of aromatic nitrogens is 4. The molecule has 1 atom stereocenters. The molecule has 19 heavy (non-hydrogen) atoms. The van der Waals surface area contributed by atoms with E-state index in [4.69, 9.17) is 0 Å². The van der Waals surface area contributed by atoms with E-state index in [1.165, 1.54) is 15.9 Å². The van der Waals surface area contributed by atoms with E-state index in [2.05, 4.69) is 25.7 Å². The molecule has 2 aromatic rings. The van der Waals surface area contributed by atoms with Crippen molar-refractivity contribution in [2.24, 2.45) is 7.05 Å². The number of hydrogen-bond donors (Lipinski definition) is 2. The van der Waals surface area contributed by atoms with Crippen LogP contribution in [0.2, 0.25) is 0 Å². The van der Waals surface area contributed by atoms with Gasteiger partial charge in [0.1, 0.15) is 6.33 Å². The molecule has 2 amide bonds. The second-order valence-electron chi connectivity index (χ2n) is 4.25. The van der Waals surface area contributed by atoms with Crippen LogP contribution in [0, 0.1) is 6.92 Å². The van der Waals surface area contributed by atoms with Crippen molar-refractivity contribution >= 4 is 23.3 Å². The number of carbonyl (C=O) groups is 1. The summed E-state index contributed by atoms with van der Waals surface area (Å²) in [6.45, 7) is 4.57. The Hall–Kier alpha value is -1.96. The van der Waals surface area contributed by atoms with Crippen molar-refractivity contribution in [1.29, 1.82) is 0 Å². The molecule has 0 aromatic carbocycles. The summed E-state index contributed by atoms with van der Waals surface area (Å²) < 4.78 is 1.49. The van der Waals surface area contributed by atoms with Crippen LogP contribution in [0.1, 0.15) is 22.7 Å².